The van der Waals surface area contributed by atoms with Crippen LogP contribution in [0, 0.1) is 6.92 Å². The van der Waals surface area contributed by atoms with Gasteiger partial charge in [-0.25, -0.2) is 0 Å². The van der Waals surface area contributed by atoms with Gasteiger partial charge in [-0.2, -0.15) is 0 Å². The van der Waals surface area contributed by atoms with Crippen LogP contribution in [0.3, 0.4) is 0 Å². The van der Waals surface area contributed by atoms with Gasteiger partial charge < -0.3 is 4.74 Å². The first-order valence-electron chi connectivity index (χ1n) is 8.25. The number of hydrogen-bond donors (Lipinski definition) is 0. The van der Waals surface area contributed by atoms with Gasteiger partial charge in [0.25, 0.3) is 0 Å². The number of fused-ring (bicyclic) bond motifs is 1. The van der Waals surface area contributed by atoms with E-state index in [-0.39, 0.29) is 0 Å². The van der Waals surface area contributed by atoms with Gasteiger partial charge in [0.1, 0.15) is 12.4 Å². The van der Waals surface area contributed by atoms with Gasteiger partial charge in [-0.05, 0) is 36.6 Å². The molecular weight excluding hydrogens is 306 g/mol. The van der Waals surface area contributed by atoms with E-state index in [9.17, 15) is 0 Å². The molecule has 128 valence electrons. The minimum absolute atomic E-state index is 0.424. The molecule has 0 spiro atoms. The first kappa shape index (κ1) is 18.5. The van der Waals surface area contributed by atoms with Crippen molar-refractivity contribution in [3.8, 4) is 5.75 Å². The highest BCUT2D eigenvalue weighted by atomic mass is 16.5. The lowest BCUT2D eigenvalue weighted by Crippen LogP contribution is -2.12. The number of allylic oxidation sites excluding steroid dienone is 7. The van der Waals surface area contributed by atoms with Crippen molar-refractivity contribution in [3.05, 3.63) is 90.1 Å². The molecule has 0 saturated heterocycles. The van der Waals surface area contributed by atoms with Gasteiger partial charge in [0.15, 0.2) is 0 Å². The minimum atomic E-state index is 0.424. The molecule has 25 heavy (non-hydrogen) atoms. The maximum atomic E-state index is 6.28. The Morgan fingerprint density at radius 1 is 1.20 bits per heavy atom. The Morgan fingerprint density at radius 2 is 1.96 bits per heavy atom. The minimum Gasteiger partial charge on any atom is -0.488 e. The van der Waals surface area contributed by atoms with Crippen LogP contribution in [0.2, 0.25) is 0 Å². The Labute approximate surface area is 151 Å². The largest absolute Gasteiger partial charge is 0.488 e. The first-order valence-corrected chi connectivity index (χ1v) is 8.25. The highest BCUT2D eigenvalue weighted by Crippen LogP contribution is 2.35. The molecule has 1 aliphatic rings. The van der Waals surface area contributed by atoms with Gasteiger partial charge >= 0.3 is 0 Å². The van der Waals surface area contributed by atoms with Crippen LogP contribution in [0.5, 0.6) is 5.75 Å². The topological polar surface area (TPSA) is 21.6 Å². The molecule has 2 heteroatoms. The maximum absolute atomic E-state index is 6.28. The number of ether oxygens (including phenoxy) is 1. The number of rotatable bonds is 4. The zero-order chi connectivity index (χ0) is 18.4. The molecule has 1 aliphatic heterocycles. The van der Waals surface area contributed by atoms with E-state index in [1.807, 2.05) is 18.2 Å². The van der Waals surface area contributed by atoms with Crippen molar-refractivity contribution in [2.75, 3.05) is 13.7 Å². The standard InChI is InChI=1S/C23H25NO/c1-7-9-10-19-17(4)13-14-20-16(3)11-12-18(5)21(15-25-23(19)20)22(8-2)24-6/h7-14H,1-3,15H2,4-6H3/b10-9-,12-11-,21-18+,24-22-. The second kappa shape index (κ2) is 8.29. The zero-order valence-corrected chi connectivity index (χ0v) is 15.3. The second-order valence-corrected chi connectivity index (χ2v) is 5.89. The first-order chi connectivity index (χ1) is 12.0. The van der Waals surface area contributed by atoms with E-state index in [0.717, 1.165) is 44.9 Å². The summed E-state index contributed by atoms with van der Waals surface area (Å²) in [6.07, 6.45) is 11.5. The number of aryl methyl sites for hydroxylation is 1. The molecule has 0 aromatic heterocycles. The fourth-order valence-corrected chi connectivity index (χ4v) is 2.78. The molecular formula is C23H25NO. The molecule has 1 heterocycles. The smallest absolute Gasteiger partial charge is 0.135 e. The number of nitrogens with zero attached hydrogens (tertiary/aromatic N) is 1. The van der Waals surface area contributed by atoms with Gasteiger partial charge in [0, 0.05) is 23.7 Å². The van der Waals surface area contributed by atoms with E-state index >= 15 is 0 Å². The van der Waals surface area contributed by atoms with E-state index in [4.69, 9.17) is 4.74 Å². The maximum Gasteiger partial charge on any atom is 0.135 e. The molecule has 0 bridgehead atoms. The summed E-state index contributed by atoms with van der Waals surface area (Å²) in [5.74, 6) is 0.833. The van der Waals surface area contributed by atoms with Gasteiger partial charge in [-0.3, -0.25) is 4.99 Å². The number of aliphatic imine (C=N–C) groups is 1. The Balaban J connectivity index is 2.64. The van der Waals surface area contributed by atoms with E-state index in [0.29, 0.717) is 6.61 Å². The number of hydrogen-bond acceptors (Lipinski definition) is 2. The molecule has 0 saturated carbocycles. The average molecular weight is 331 g/mol. The fourth-order valence-electron chi connectivity index (χ4n) is 2.78. The van der Waals surface area contributed by atoms with Gasteiger partial charge in [0.05, 0.1) is 5.71 Å². The van der Waals surface area contributed by atoms with Crippen molar-refractivity contribution in [2.24, 2.45) is 4.99 Å². The van der Waals surface area contributed by atoms with Crippen molar-refractivity contribution in [2.45, 2.75) is 13.8 Å². The van der Waals surface area contributed by atoms with Crippen LogP contribution in [-0.4, -0.2) is 19.4 Å². The molecule has 0 aliphatic carbocycles. The van der Waals surface area contributed by atoms with E-state index in [2.05, 4.69) is 56.8 Å². The highest BCUT2D eigenvalue weighted by molar-refractivity contribution is 6.09. The summed E-state index contributed by atoms with van der Waals surface area (Å²) in [5, 5.41) is 0. The molecule has 0 unspecified atom stereocenters. The second-order valence-electron chi connectivity index (χ2n) is 5.89. The van der Waals surface area contributed by atoms with E-state index in [1.54, 1.807) is 19.2 Å². The Hall–Kier alpha value is -2.87. The molecule has 1 aromatic rings. The Kier molecular flexibility index (Phi) is 6.13. The van der Waals surface area contributed by atoms with Crippen molar-refractivity contribution in [3.63, 3.8) is 0 Å². The van der Waals surface area contributed by atoms with Crippen LogP contribution < -0.4 is 4.74 Å². The van der Waals surface area contributed by atoms with Crippen molar-refractivity contribution < 1.29 is 4.74 Å². The summed E-state index contributed by atoms with van der Waals surface area (Å²) in [4.78, 5) is 4.33. The molecule has 0 N–H and O–H groups in total. The van der Waals surface area contributed by atoms with Crippen LogP contribution in [0.15, 0.2) is 78.4 Å². The Morgan fingerprint density at radius 3 is 2.60 bits per heavy atom. The molecule has 1 aromatic carbocycles. The summed E-state index contributed by atoms with van der Waals surface area (Å²) in [6, 6.07) is 4.15. The van der Waals surface area contributed by atoms with Crippen LogP contribution in [-0.2, 0) is 0 Å². The van der Waals surface area contributed by atoms with Crippen molar-refractivity contribution in [1.29, 1.82) is 0 Å². The zero-order valence-electron chi connectivity index (χ0n) is 15.3. The summed E-state index contributed by atoms with van der Waals surface area (Å²) in [7, 11) is 1.77. The molecule has 2 rings (SSSR count). The lowest BCUT2D eigenvalue weighted by atomic mass is 9.97. The lowest BCUT2D eigenvalue weighted by Gasteiger charge is -2.17. The SMILES string of the molecule is C=C/C=C\c1c(C)ccc2c1OCC(/C(C=C)=N\C)=C(C)\C=C/C2=C. The number of benzene rings is 1. The molecule has 0 amide bonds. The summed E-state index contributed by atoms with van der Waals surface area (Å²) >= 11 is 0. The third kappa shape index (κ3) is 3.97. The third-order valence-corrected chi connectivity index (χ3v) is 4.27. The van der Waals surface area contributed by atoms with Gasteiger partial charge in [-0.15, -0.1) is 0 Å². The molecule has 2 nitrogen and oxygen atoms in total. The quantitative estimate of drug-likeness (QED) is 0.510. The lowest BCUT2D eigenvalue weighted by molar-refractivity contribution is 0.355. The summed E-state index contributed by atoms with van der Waals surface area (Å²) in [6.45, 7) is 16.4. The third-order valence-electron chi connectivity index (χ3n) is 4.27. The molecule has 0 fully saturated rings. The highest BCUT2D eigenvalue weighted by Gasteiger charge is 2.16. The van der Waals surface area contributed by atoms with Crippen molar-refractivity contribution in [1.82, 2.24) is 0 Å². The monoisotopic (exact) mass is 331 g/mol. The van der Waals surface area contributed by atoms with Gasteiger partial charge in [0.2, 0.25) is 0 Å². The molecule has 0 atom stereocenters. The van der Waals surface area contributed by atoms with Crippen LogP contribution in [0.4, 0.5) is 0 Å². The van der Waals surface area contributed by atoms with E-state index < -0.39 is 0 Å². The predicted octanol–water partition coefficient (Wildman–Crippen LogP) is 5.73. The fraction of sp³-hybridized carbons (Fsp3) is 0.174. The van der Waals surface area contributed by atoms with Crippen LogP contribution in [0.1, 0.15) is 23.6 Å². The summed E-state index contributed by atoms with van der Waals surface area (Å²) in [5.41, 5.74) is 7.05. The molecule has 0 radical (unpaired) electrons. The predicted molar refractivity (Wildman–Crippen MR) is 110 cm³/mol. The van der Waals surface area contributed by atoms with Crippen LogP contribution in [0.25, 0.3) is 11.6 Å². The normalized spacial score (nSPS) is 19.5. The average Bonchev–Trinajstić information content (AvgIpc) is 2.66. The van der Waals surface area contributed by atoms with Crippen LogP contribution >= 0.6 is 0 Å². The van der Waals surface area contributed by atoms with Crippen molar-refractivity contribution >= 4 is 17.4 Å². The van der Waals surface area contributed by atoms with E-state index in [1.165, 1.54) is 0 Å². The summed E-state index contributed by atoms with van der Waals surface area (Å²) < 4.78 is 6.28. The van der Waals surface area contributed by atoms with Gasteiger partial charge in [-0.1, -0.05) is 62.2 Å². The Bertz CT molecular complexity index is 832.